The SMILES string of the molecule is CC(=O)C1CSC(c2nc3ccc(OCc4c(C)cc(C)cc4C)cc3s2)=N1. The average Bonchev–Trinajstić information content (AvgIpc) is 3.27. The fourth-order valence-corrected chi connectivity index (χ4v) is 5.56. The molecule has 1 aromatic heterocycles. The van der Waals surface area contributed by atoms with Gasteiger partial charge in [0.25, 0.3) is 0 Å². The summed E-state index contributed by atoms with van der Waals surface area (Å²) in [4.78, 5) is 20.8. The van der Waals surface area contributed by atoms with E-state index in [4.69, 9.17) is 4.74 Å². The number of aliphatic imine (C=N–C) groups is 1. The zero-order chi connectivity index (χ0) is 19.8. The highest BCUT2D eigenvalue weighted by atomic mass is 32.2. The van der Waals surface area contributed by atoms with Crippen molar-refractivity contribution in [3.05, 3.63) is 57.6 Å². The van der Waals surface area contributed by atoms with Crippen LogP contribution in [0.25, 0.3) is 10.2 Å². The molecule has 28 heavy (non-hydrogen) atoms. The van der Waals surface area contributed by atoms with Crippen LogP contribution in [0.4, 0.5) is 0 Å². The lowest BCUT2D eigenvalue weighted by Crippen LogP contribution is -2.14. The number of thiazole rings is 1. The maximum Gasteiger partial charge on any atom is 0.155 e. The van der Waals surface area contributed by atoms with Crippen LogP contribution in [0.1, 0.15) is 34.2 Å². The molecule has 1 aliphatic heterocycles. The number of aromatic nitrogens is 1. The molecule has 0 fully saturated rings. The number of benzene rings is 2. The van der Waals surface area contributed by atoms with Crippen LogP contribution in [0.15, 0.2) is 35.3 Å². The normalized spacial score (nSPS) is 16.4. The maximum atomic E-state index is 11.5. The smallest absolute Gasteiger partial charge is 0.155 e. The molecule has 1 unspecified atom stereocenters. The fourth-order valence-electron chi connectivity index (χ4n) is 3.38. The molecule has 0 aliphatic carbocycles. The van der Waals surface area contributed by atoms with Gasteiger partial charge in [-0.1, -0.05) is 17.7 Å². The predicted octanol–water partition coefficient (Wildman–Crippen LogP) is 5.25. The lowest BCUT2D eigenvalue weighted by Gasteiger charge is -2.12. The number of ketones is 1. The van der Waals surface area contributed by atoms with Crippen LogP contribution in [-0.4, -0.2) is 27.6 Å². The fraction of sp³-hybridized carbons (Fsp3) is 0.318. The van der Waals surface area contributed by atoms with E-state index in [1.54, 1.807) is 30.0 Å². The molecule has 6 heteroatoms. The van der Waals surface area contributed by atoms with E-state index < -0.39 is 0 Å². The lowest BCUT2D eigenvalue weighted by atomic mass is 10.0. The van der Waals surface area contributed by atoms with Crippen LogP contribution in [0, 0.1) is 20.8 Å². The van der Waals surface area contributed by atoms with Gasteiger partial charge in [0.1, 0.15) is 28.4 Å². The number of carbonyl (C=O) groups excluding carboxylic acids is 1. The van der Waals surface area contributed by atoms with Gasteiger partial charge in [0.2, 0.25) is 0 Å². The number of carbonyl (C=O) groups is 1. The average molecular weight is 411 g/mol. The molecule has 1 atom stereocenters. The number of hydrogen-bond acceptors (Lipinski definition) is 6. The largest absolute Gasteiger partial charge is 0.489 e. The standard InChI is InChI=1S/C22H22N2O2S2/c1-12-7-13(2)17(14(3)8-12)10-26-16-5-6-18-20(9-16)28-22(23-18)21-24-19(11-27-21)15(4)25/h5-9,19H,10-11H2,1-4H3. The molecule has 0 bridgehead atoms. The minimum absolute atomic E-state index is 0.112. The van der Waals surface area contributed by atoms with Crippen molar-refractivity contribution in [3.63, 3.8) is 0 Å². The molecule has 0 N–H and O–H groups in total. The van der Waals surface area contributed by atoms with Gasteiger partial charge in [-0.05, 0) is 62.6 Å². The third-order valence-electron chi connectivity index (χ3n) is 4.89. The Hall–Kier alpha value is -2.18. The molecule has 144 valence electrons. The van der Waals surface area contributed by atoms with Crippen molar-refractivity contribution < 1.29 is 9.53 Å². The summed E-state index contributed by atoms with van der Waals surface area (Å²) in [6.45, 7) is 8.53. The van der Waals surface area contributed by atoms with Crippen molar-refractivity contribution in [2.75, 3.05) is 5.75 Å². The molecule has 4 nitrogen and oxygen atoms in total. The van der Waals surface area contributed by atoms with E-state index in [-0.39, 0.29) is 11.8 Å². The minimum atomic E-state index is -0.230. The highest BCUT2D eigenvalue weighted by molar-refractivity contribution is 8.15. The van der Waals surface area contributed by atoms with Crippen molar-refractivity contribution >= 4 is 44.1 Å². The van der Waals surface area contributed by atoms with Crippen LogP contribution in [-0.2, 0) is 11.4 Å². The highest BCUT2D eigenvalue weighted by Gasteiger charge is 2.24. The Morgan fingerprint density at radius 2 is 1.93 bits per heavy atom. The van der Waals surface area contributed by atoms with Crippen LogP contribution >= 0.6 is 23.1 Å². The molecule has 0 amide bonds. The summed E-state index contributed by atoms with van der Waals surface area (Å²) >= 11 is 3.21. The number of rotatable bonds is 5. The first-order chi connectivity index (χ1) is 13.4. The predicted molar refractivity (Wildman–Crippen MR) is 118 cm³/mol. The van der Waals surface area contributed by atoms with Crippen LogP contribution in [0.2, 0.25) is 0 Å². The zero-order valence-corrected chi connectivity index (χ0v) is 18.0. The van der Waals surface area contributed by atoms with Gasteiger partial charge in [0.15, 0.2) is 5.78 Å². The summed E-state index contributed by atoms with van der Waals surface area (Å²) in [5.74, 6) is 1.66. The van der Waals surface area contributed by atoms with Crippen LogP contribution in [0.3, 0.4) is 0 Å². The Balaban J connectivity index is 1.54. The number of Topliss-reactive ketones (excluding diaryl/α,β-unsaturated/α-hetero) is 1. The number of fused-ring (bicyclic) bond motifs is 1. The van der Waals surface area contributed by atoms with Crippen molar-refractivity contribution in [1.82, 2.24) is 4.98 Å². The molecule has 1 aliphatic rings. The van der Waals surface area contributed by atoms with Crippen LogP contribution < -0.4 is 4.74 Å². The van der Waals surface area contributed by atoms with Gasteiger partial charge >= 0.3 is 0 Å². The maximum absolute atomic E-state index is 11.5. The number of thioether (sulfide) groups is 1. The number of nitrogens with zero attached hydrogens (tertiary/aromatic N) is 2. The topological polar surface area (TPSA) is 51.5 Å². The van der Waals surface area contributed by atoms with E-state index in [0.29, 0.717) is 12.4 Å². The van der Waals surface area contributed by atoms with Gasteiger partial charge in [0, 0.05) is 5.75 Å². The van der Waals surface area contributed by atoms with Crippen molar-refractivity contribution in [2.45, 2.75) is 40.3 Å². The summed E-state index contributed by atoms with van der Waals surface area (Å²) in [7, 11) is 0. The van der Waals surface area contributed by atoms with Gasteiger partial charge in [0.05, 0.1) is 10.2 Å². The Kier molecular flexibility index (Phi) is 5.25. The molecule has 0 spiro atoms. The van der Waals surface area contributed by atoms with E-state index in [9.17, 15) is 4.79 Å². The number of hydrogen-bond donors (Lipinski definition) is 0. The highest BCUT2D eigenvalue weighted by Crippen LogP contribution is 2.32. The van der Waals surface area contributed by atoms with E-state index in [2.05, 4.69) is 42.9 Å². The minimum Gasteiger partial charge on any atom is -0.489 e. The lowest BCUT2D eigenvalue weighted by molar-refractivity contribution is -0.117. The van der Waals surface area contributed by atoms with Gasteiger partial charge in [-0.2, -0.15) is 0 Å². The second-order valence-corrected chi connectivity index (χ2v) is 9.23. The summed E-state index contributed by atoms with van der Waals surface area (Å²) in [6.07, 6.45) is 0. The summed E-state index contributed by atoms with van der Waals surface area (Å²) in [5.41, 5.74) is 5.97. The van der Waals surface area contributed by atoms with Gasteiger partial charge in [-0.15, -0.1) is 23.1 Å². The Bertz CT molecular complexity index is 1080. The van der Waals surface area contributed by atoms with Crippen molar-refractivity contribution in [2.24, 2.45) is 4.99 Å². The quantitative estimate of drug-likeness (QED) is 0.576. The molecule has 0 radical (unpaired) electrons. The molecule has 2 aromatic carbocycles. The molecular formula is C22H22N2O2S2. The summed E-state index contributed by atoms with van der Waals surface area (Å²) in [5, 5.41) is 1.75. The summed E-state index contributed by atoms with van der Waals surface area (Å²) in [6, 6.07) is 10.1. The van der Waals surface area contributed by atoms with E-state index >= 15 is 0 Å². The van der Waals surface area contributed by atoms with E-state index in [1.807, 2.05) is 18.2 Å². The van der Waals surface area contributed by atoms with Crippen LogP contribution in [0.5, 0.6) is 5.75 Å². The molecule has 4 rings (SSSR count). The van der Waals surface area contributed by atoms with Crippen molar-refractivity contribution in [3.8, 4) is 5.75 Å². The third-order valence-corrected chi connectivity index (χ3v) is 7.10. The number of ether oxygens (including phenoxy) is 1. The number of aryl methyl sites for hydroxylation is 3. The zero-order valence-electron chi connectivity index (χ0n) is 16.4. The molecular weight excluding hydrogens is 388 g/mol. The van der Waals surface area contributed by atoms with Gasteiger partial charge < -0.3 is 4.74 Å². The second-order valence-electron chi connectivity index (χ2n) is 7.19. The van der Waals surface area contributed by atoms with Gasteiger partial charge in [-0.3, -0.25) is 9.79 Å². The molecule has 2 heterocycles. The first kappa shape index (κ1) is 19.2. The third kappa shape index (κ3) is 3.84. The molecule has 0 saturated heterocycles. The first-order valence-electron chi connectivity index (χ1n) is 9.22. The Labute approximate surface area is 173 Å². The monoisotopic (exact) mass is 410 g/mol. The molecule has 3 aromatic rings. The second kappa shape index (κ2) is 7.68. The van der Waals surface area contributed by atoms with E-state index in [0.717, 1.165) is 26.0 Å². The summed E-state index contributed by atoms with van der Waals surface area (Å²) < 4.78 is 7.15. The van der Waals surface area contributed by atoms with Crippen molar-refractivity contribution in [1.29, 1.82) is 0 Å². The van der Waals surface area contributed by atoms with Gasteiger partial charge in [-0.25, -0.2) is 4.98 Å². The first-order valence-corrected chi connectivity index (χ1v) is 11.0. The molecule has 0 saturated carbocycles. The van der Waals surface area contributed by atoms with E-state index in [1.165, 1.54) is 22.3 Å². The Morgan fingerprint density at radius 1 is 1.18 bits per heavy atom. The Morgan fingerprint density at radius 3 is 2.61 bits per heavy atom.